The standard InChI is InChI=1S/C14H18N2O4/c1-2-3-8-15-14(20)16(9-10-17)12-6-4-11(5-7-12)13(18)19/h2,4-7,17H,1,3,8-10H2,(H,15,20)(H,18,19). The van der Waals surface area contributed by atoms with E-state index in [1.54, 1.807) is 6.08 Å². The molecule has 0 aliphatic rings. The molecule has 20 heavy (non-hydrogen) atoms. The Morgan fingerprint density at radius 1 is 1.30 bits per heavy atom. The first-order valence-corrected chi connectivity index (χ1v) is 6.20. The minimum absolute atomic E-state index is 0.131. The quantitative estimate of drug-likeness (QED) is 0.520. The van der Waals surface area contributed by atoms with E-state index in [9.17, 15) is 9.59 Å². The van der Waals surface area contributed by atoms with Crippen molar-refractivity contribution in [2.45, 2.75) is 6.42 Å². The summed E-state index contributed by atoms with van der Waals surface area (Å²) in [5, 5.41) is 20.5. The largest absolute Gasteiger partial charge is 0.478 e. The highest BCUT2D eigenvalue weighted by atomic mass is 16.4. The average Bonchev–Trinajstić information content (AvgIpc) is 2.45. The van der Waals surface area contributed by atoms with E-state index in [0.29, 0.717) is 18.7 Å². The number of nitrogens with zero attached hydrogens (tertiary/aromatic N) is 1. The van der Waals surface area contributed by atoms with Gasteiger partial charge in [0.2, 0.25) is 0 Å². The predicted molar refractivity (Wildman–Crippen MR) is 76.0 cm³/mol. The molecule has 108 valence electrons. The predicted octanol–water partition coefficient (Wildman–Crippen LogP) is 1.47. The third-order valence-corrected chi connectivity index (χ3v) is 2.62. The SMILES string of the molecule is C=CCCNC(=O)N(CCO)c1ccc(C(=O)O)cc1. The summed E-state index contributed by atoms with van der Waals surface area (Å²) < 4.78 is 0. The third-order valence-electron chi connectivity index (χ3n) is 2.62. The summed E-state index contributed by atoms with van der Waals surface area (Å²) in [6.45, 7) is 3.96. The van der Waals surface area contributed by atoms with Crippen molar-refractivity contribution < 1.29 is 19.8 Å². The molecule has 0 saturated carbocycles. The molecule has 2 amide bonds. The highest BCUT2D eigenvalue weighted by molar-refractivity contribution is 5.93. The van der Waals surface area contributed by atoms with Gasteiger partial charge in [0, 0.05) is 12.2 Å². The van der Waals surface area contributed by atoms with E-state index in [4.69, 9.17) is 10.2 Å². The molecule has 6 nitrogen and oxygen atoms in total. The monoisotopic (exact) mass is 278 g/mol. The minimum Gasteiger partial charge on any atom is -0.478 e. The molecule has 0 fully saturated rings. The van der Waals surface area contributed by atoms with Crippen molar-refractivity contribution in [3.05, 3.63) is 42.5 Å². The first-order chi connectivity index (χ1) is 9.60. The lowest BCUT2D eigenvalue weighted by molar-refractivity contribution is 0.0697. The molecule has 3 N–H and O–H groups in total. The number of carbonyl (C=O) groups is 2. The van der Waals surface area contributed by atoms with Crippen LogP contribution < -0.4 is 10.2 Å². The van der Waals surface area contributed by atoms with Gasteiger partial charge in [-0.2, -0.15) is 0 Å². The van der Waals surface area contributed by atoms with Crippen LogP contribution in [0.4, 0.5) is 10.5 Å². The Morgan fingerprint density at radius 3 is 2.45 bits per heavy atom. The number of aliphatic hydroxyl groups is 1. The summed E-state index contributed by atoms with van der Waals surface area (Å²) in [6.07, 6.45) is 2.34. The number of carbonyl (C=O) groups excluding carboxylic acids is 1. The number of anilines is 1. The molecule has 0 unspecified atom stereocenters. The van der Waals surface area contributed by atoms with Gasteiger partial charge in [0.05, 0.1) is 18.7 Å². The Bertz CT molecular complexity index is 471. The molecule has 0 bridgehead atoms. The van der Waals surface area contributed by atoms with Gasteiger partial charge in [0.25, 0.3) is 0 Å². The van der Waals surface area contributed by atoms with Gasteiger partial charge in [-0.15, -0.1) is 6.58 Å². The highest BCUT2D eigenvalue weighted by Gasteiger charge is 2.15. The first kappa shape index (κ1) is 15.7. The van der Waals surface area contributed by atoms with Crippen molar-refractivity contribution in [1.29, 1.82) is 0 Å². The van der Waals surface area contributed by atoms with Crippen LogP contribution in [-0.4, -0.2) is 41.9 Å². The van der Waals surface area contributed by atoms with E-state index in [2.05, 4.69) is 11.9 Å². The van der Waals surface area contributed by atoms with Crippen molar-refractivity contribution >= 4 is 17.7 Å². The Kier molecular flexibility index (Phi) is 6.25. The molecule has 0 aliphatic carbocycles. The lowest BCUT2D eigenvalue weighted by Crippen LogP contribution is -2.42. The molecule has 6 heteroatoms. The van der Waals surface area contributed by atoms with Crippen LogP contribution in [-0.2, 0) is 0 Å². The van der Waals surface area contributed by atoms with E-state index in [0.717, 1.165) is 0 Å². The maximum Gasteiger partial charge on any atom is 0.335 e. The second kappa shape index (κ2) is 7.96. The summed E-state index contributed by atoms with van der Waals surface area (Å²) in [4.78, 5) is 24.1. The van der Waals surface area contributed by atoms with E-state index in [-0.39, 0.29) is 24.7 Å². The number of hydrogen-bond donors (Lipinski definition) is 3. The van der Waals surface area contributed by atoms with Gasteiger partial charge in [0.15, 0.2) is 0 Å². The first-order valence-electron chi connectivity index (χ1n) is 6.20. The fourth-order valence-corrected chi connectivity index (χ4v) is 1.61. The number of rotatable bonds is 7. The van der Waals surface area contributed by atoms with E-state index in [1.165, 1.54) is 29.2 Å². The summed E-state index contributed by atoms with van der Waals surface area (Å²) in [6, 6.07) is 5.56. The number of aromatic carboxylic acids is 1. The normalized spacial score (nSPS) is 9.85. The Balaban J connectivity index is 2.81. The van der Waals surface area contributed by atoms with Crippen LogP contribution in [0.15, 0.2) is 36.9 Å². The molecular formula is C14H18N2O4. The Labute approximate surface area is 117 Å². The van der Waals surface area contributed by atoms with Gasteiger partial charge < -0.3 is 15.5 Å². The molecule has 0 spiro atoms. The number of carboxylic acids is 1. The maximum absolute atomic E-state index is 12.0. The molecule has 1 aromatic rings. The Morgan fingerprint density at radius 2 is 1.95 bits per heavy atom. The fraction of sp³-hybridized carbons (Fsp3) is 0.286. The van der Waals surface area contributed by atoms with Gasteiger partial charge in [-0.25, -0.2) is 9.59 Å². The summed E-state index contributed by atoms with van der Waals surface area (Å²) >= 11 is 0. The van der Waals surface area contributed by atoms with Gasteiger partial charge >= 0.3 is 12.0 Å². The van der Waals surface area contributed by atoms with Gasteiger partial charge in [0.1, 0.15) is 0 Å². The molecule has 0 radical (unpaired) electrons. The van der Waals surface area contributed by atoms with Gasteiger partial charge in [-0.3, -0.25) is 4.90 Å². The zero-order chi connectivity index (χ0) is 15.0. The van der Waals surface area contributed by atoms with Crippen LogP contribution in [0.5, 0.6) is 0 Å². The number of benzene rings is 1. The number of aliphatic hydroxyl groups excluding tert-OH is 1. The van der Waals surface area contributed by atoms with Crippen LogP contribution in [0.2, 0.25) is 0 Å². The molecule has 0 heterocycles. The van der Waals surface area contributed by atoms with Crippen molar-refractivity contribution in [2.75, 3.05) is 24.6 Å². The summed E-state index contributed by atoms with van der Waals surface area (Å²) in [5.41, 5.74) is 0.671. The number of urea groups is 1. The number of nitrogens with one attached hydrogen (secondary N) is 1. The van der Waals surface area contributed by atoms with E-state index >= 15 is 0 Å². The smallest absolute Gasteiger partial charge is 0.335 e. The van der Waals surface area contributed by atoms with Crippen LogP contribution in [0, 0.1) is 0 Å². The van der Waals surface area contributed by atoms with Crippen LogP contribution in [0.25, 0.3) is 0 Å². The topological polar surface area (TPSA) is 89.9 Å². The van der Waals surface area contributed by atoms with Crippen LogP contribution in [0.1, 0.15) is 16.8 Å². The van der Waals surface area contributed by atoms with Crippen LogP contribution >= 0.6 is 0 Å². The lowest BCUT2D eigenvalue weighted by atomic mass is 10.2. The second-order valence-corrected chi connectivity index (χ2v) is 4.04. The molecular weight excluding hydrogens is 260 g/mol. The fourth-order valence-electron chi connectivity index (χ4n) is 1.61. The number of carboxylic acid groups (broad SMARTS) is 1. The van der Waals surface area contributed by atoms with Crippen molar-refractivity contribution in [1.82, 2.24) is 5.32 Å². The summed E-state index contributed by atoms with van der Waals surface area (Å²) in [5.74, 6) is -1.03. The third kappa shape index (κ3) is 4.40. The number of amides is 2. The summed E-state index contributed by atoms with van der Waals surface area (Å²) in [7, 11) is 0. The molecule has 0 aromatic heterocycles. The van der Waals surface area contributed by atoms with Crippen molar-refractivity contribution in [3.8, 4) is 0 Å². The van der Waals surface area contributed by atoms with Crippen molar-refractivity contribution in [3.63, 3.8) is 0 Å². The Hall–Kier alpha value is -2.34. The highest BCUT2D eigenvalue weighted by Crippen LogP contribution is 2.15. The van der Waals surface area contributed by atoms with Gasteiger partial charge in [-0.05, 0) is 30.7 Å². The average molecular weight is 278 g/mol. The zero-order valence-corrected chi connectivity index (χ0v) is 11.1. The lowest BCUT2D eigenvalue weighted by Gasteiger charge is -2.22. The van der Waals surface area contributed by atoms with Gasteiger partial charge in [-0.1, -0.05) is 6.08 Å². The maximum atomic E-state index is 12.0. The molecule has 0 saturated heterocycles. The molecule has 1 rings (SSSR count). The zero-order valence-electron chi connectivity index (χ0n) is 11.1. The molecule has 0 atom stereocenters. The van der Waals surface area contributed by atoms with Crippen molar-refractivity contribution in [2.24, 2.45) is 0 Å². The van der Waals surface area contributed by atoms with Crippen LogP contribution in [0.3, 0.4) is 0 Å². The minimum atomic E-state index is -1.03. The molecule has 1 aromatic carbocycles. The second-order valence-electron chi connectivity index (χ2n) is 4.04. The molecule has 0 aliphatic heterocycles. The number of hydrogen-bond acceptors (Lipinski definition) is 3. The van der Waals surface area contributed by atoms with E-state index in [1.807, 2.05) is 0 Å². The van der Waals surface area contributed by atoms with E-state index < -0.39 is 5.97 Å².